The number of aryl methyl sites for hydroxylation is 3. The Labute approximate surface area is 112 Å². The van der Waals surface area contributed by atoms with Crippen LogP contribution in [0.2, 0.25) is 0 Å². The summed E-state index contributed by atoms with van der Waals surface area (Å²) in [4.78, 5) is 10.7. The number of benzene rings is 2. The quantitative estimate of drug-likeness (QED) is 0.645. The molecule has 0 saturated heterocycles. The summed E-state index contributed by atoms with van der Waals surface area (Å²) in [5, 5.41) is 2.56. The molecule has 2 aromatic carbocycles. The maximum absolute atomic E-state index is 10.7. The molecule has 96 valence electrons. The molecule has 0 saturated carbocycles. The van der Waals surface area contributed by atoms with Gasteiger partial charge in [0.05, 0.1) is 0 Å². The van der Waals surface area contributed by atoms with E-state index >= 15 is 0 Å². The molecule has 19 heavy (non-hydrogen) atoms. The van der Waals surface area contributed by atoms with E-state index in [0.29, 0.717) is 6.42 Å². The van der Waals surface area contributed by atoms with Gasteiger partial charge in [-0.1, -0.05) is 23.3 Å². The SMILES string of the molecule is Cc1ccc2c(c1)c1cc(C)ccc1n2CCC=O. The second-order valence-electron chi connectivity index (χ2n) is 5.15. The summed E-state index contributed by atoms with van der Waals surface area (Å²) in [6, 6.07) is 13.0. The fourth-order valence-electron chi connectivity index (χ4n) is 2.75. The van der Waals surface area contributed by atoms with Crippen molar-refractivity contribution in [2.24, 2.45) is 0 Å². The Balaban J connectivity index is 2.39. The highest BCUT2D eigenvalue weighted by atomic mass is 16.1. The number of hydrogen-bond acceptors (Lipinski definition) is 1. The van der Waals surface area contributed by atoms with Crippen molar-refractivity contribution in [1.29, 1.82) is 0 Å². The molecule has 3 aromatic rings. The van der Waals surface area contributed by atoms with Crippen LogP contribution >= 0.6 is 0 Å². The van der Waals surface area contributed by atoms with Crippen molar-refractivity contribution < 1.29 is 4.79 Å². The van der Waals surface area contributed by atoms with E-state index < -0.39 is 0 Å². The first-order valence-electron chi connectivity index (χ1n) is 6.63. The summed E-state index contributed by atoms with van der Waals surface area (Å²) >= 11 is 0. The van der Waals surface area contributed by atoms with Gasteiger partial charge in [0.25, 0.3) is 0 Å². The molecule has 0 N–H and O–H groups in total. The average Bonchev–Trinajstić information content (AvgIpc) is 2.69. The van der Waals surface area contributed by atoms with Crippen LogP contribution in [-0.2, 0) is 11.3 Å². The largest absolute Gasteiger partial charge is 0.340 e. The van der Waals surface area contributed by atoms with Crippen molar-refractivity contribution in [2.75, 3.05) is 0 Å². The molecule has 0 unspecified atom stereocenters. The van der Waals surface area contributed by atoms with Crippen molar-refractivity contribution in [2.45, 2.75) is 26.8 Å². The minimum absolute atomic E-state index is 0.556. The molecule has 1 aromatic heterocycles. The van der Waals surface area contributed by atoms with E-state index in [4.69, 9.17) is 0 Å². The highest BCUT2D eigenvalue weighted by molar-refractivity contribution is 6.08. The highest BCUT2D eigenvalue weighted by Gasteiger charge is 2.10. The maximum Gasteiger partial charge on any atom is 0.121 e. The van der Waals surface area contributed by atoms with Crippen LogP contribution in [-0.4, -0.2) is 10.9 Å². The third kappa shape index (κ3) is 1.93. The summed E-state index contributed by atoms with van der Waals surface area (Å²) in [6.07, 6.45) is 1.54. The lowest BCUT2D eigenvalue weighted by Crippen LogP contribution is -1.97. The van der Waals surface area contributed by atoms with Crippen LogP contribution in [0.5, 0.6) is 0 Å². The van der Waals surface area contributed by atoms with Gasteiger partial charge in [0.2, 0.25) is 0 Å². The molecule has 0 aliphatic carbocycles. The molecule has 2 nitrogen and oxygen atoms in total. The number of aldehydes is 1. The van der Waals surface area contributed by atoms with Crippen molar-refractivity contribution in [3.05, 3.63) is 47.5 Å². The van der Waals surface area contributed by atoms with E-state index in [-0.39, 0.29) is 0 Å². The van der Waals surface area contributed by atoms with Crippen LogP contribution in [0.15, 0.2) is 36.4 Å². The Morgan fingerprint density at radius 1 is 0.947 bits per heavy atom. The lowest BCUT2D eigenvalue weighted by Gasteiger charge is -2.04. The zero-order chi connectivity index (χ0) is 13.4. The summed E-state index contributed by atoms with van der Waals surface area (Å²) in [6.45, 7) is 4.98. The molecule has 0 aliphatic rings. The third-order valence-electron chi connectivity index (χ3n) is 3.65. The minimum atomic E-state index is 0.556. The third-order valence-corrected chi connectivity index (χ3v) is 3.65. The van der Waals surface area contributed by atoms with E-state index in [0.717, 1.165) is 12.8 Å². The molecule has 0 atom stereocenters. The first-order valence-corrected chi connectivity index (χ1v) is 6.63. The summed E-state index contributed by atoms with van der Waals surface area (Å²) in [5.74, 6) is 0. The Bertz CT molecular complexity index is 708. The number of carbonyl (C=O) groups is 1. The van der Waals surface area contributed by atoms with Gasteiger partial charge < -0.3 is 9.36 Å². The molecule has 0 amide bonds. The minimum Gasteiger partial charge on any atom is -0.340 e. The summed E-state index contributed by atoms with van der Waals surface area (Å²) < 4.78 is 2.25. The smallest absolute Gasteiger partial charge is 0.121 e. The molecule has 0 fully saturated rings. The van der Waals surface area contributed by atoms with Gasteiger partial charge in [-0.15, -0.1) is 0 Å². The number of carbonyl (C=O) groups excluding carboxylic acids is 1. The van der Waals surface area contributed by atoms with Crippen molar-refractivity contribution in [3.63, 3.8) is 0 Å². The normalized spacial score (nSPS) is 11.3. The van der Waals surface area contributed by atoms with Gasteiger partial charge >= 0.3 is 0 Å². The van der Waals surface area contributed by atoms with E-state index in [1.165, 1.54) is 32.9 Å². The lowest BCUT2D eigenvalue weighted by atomic mass is 10.1. The molecular formula is C17H17NO. The predicted molar refractivity (Wildman–Crippen MR) is 79.6 cm³/mol. The van der Waals surface area contributed by atoms with Gasteiger partial charge in [0.1, 0.15) is 6.29 Å². The average molecular weight is 251 g/mol. The number of fused-ring (bicyclic) bond motifs is 3. The van der Waals surface area contributed by atoms with Gasteiger partial charge in [0.15, 0.2) is 0 Å². The van der Waals surface area contributed by atoms with Gasteiger partial charge in [-0.3, -0.25) is 0 Å². The molecule has 0 radical (unpaired) electrons. The van der Waals surface area contributed by atoms with Crippen molar-refractivity contribution in [1.82, 2.24) is 4.57 Å². The molecule has 2 heteroatoms. The van der Waals surface area contributed by atoms with E-state index in [9.17, 15) is 4.79 Å². The first-order chi connectivity index (χ1) is 9.20. The van der Waals surface area contributed by atoms with Crippen LogP contribution in [0.4, 0.5) is 0 Å². The summed E-state index contributed by atoms with van der Waals surface area (Å²) in [5.41, 5.74) is 4.97. The van der Waals surface area contributed by atoms with Gasteiger partial charge in [-0.2, -0.15) is 0 Å². The number of nitrogens with zero attached hydrogens (tertiary/aromatic N) is 1. The van der Waals surface area contributed by atoms with E-state index in [2.05, 4.69) is 54.8 Å². The van der Waals surface area contributed by atoms with Crippen LogP contribution < -0.4 is 0 Å². The second kappa shape index (κ2) is 4.54. The molecule has 3 rings (SSSR count). The lowest BCUT2D eigenvalue weighted by molar-refractivity contribution is -0.108. The van der Waals surface area contributed by atoms with E-state index in [1.807, 2.05) is 0 Å². The number of aromatic nitrogens is 1. The predicted octanol–water partition coefficient (Wildman–Crippen LogP) is 4.00. The van der Waals surface area contributed by atoms with Gasteiger partial charge in [0, 0.05) is 34.8 Å². The Kier molecular flexibility index (Phi) is 2.86. The van der Waals surface area contributed by atoms with Crippen LogP contribution in [0.25, 0.3) is 21.8 Å². The number of rotatable bonds is 3. The van der Waals surface area contributed by atoms with Crippen molar-refractivity contribution >= 4 is 28.1 Å². The zero-order valence-electron chi connectivity index (χ0n) is 11.3. The molecule has 0 spiro atoms. The topological polar surface area (TPSA) is 22.0 Å². The van der Waals surface area contributed by atoms with Crippen LogP contribution in [0.3, 0.4) is 0 Å². The monoisotopic (exact) mass is 251 g/mol. The Morgan fingerprint density at radius 3 is 1.95 bits per heavy atom. The summed E-state index contributed by atoms with van der Waals surface area (Å²) in [7, 11) is 0. The fourth-order valence-corrected chi connectivity index (χ4v) is 2.75. The first kappa shape index (κ1) is 12.0. The molecule has 0 aliphatic heterocycles. The molecular weight excluding hydrogens is 234 g/mol. The Hall–Kier alpha value is -2.09. The van der Waals surface area contributed by atoms with Crippen LogP contribution in [0, 0.1) is 13.8 Å². The maximum atomic E-state index is 10.7. The zero-order valence-corrected chi connectivity index (χ0v) is 11.3. The molecule has 1 heterocycles. The second-order valence-corrected chi connectivity index (χ2v) is 5.15. The molecule has 0 bridgehead atoms. The highest BCUT2D eigenvalue weighted by Crippen LogP contribution is 2.30. The van der Waals surface area contributed by atoms with Gasteiger partial charge in [-0.25, -0.2) is 0 Å². The standard InChI is InChI=1S/C17H17NO/c1-12-4-6-16-14(10-12)15-11-13(2)5-7-17(15)18(16)8-3-9-19/h4-7,9-11H,3,8H2,1-2H3. The number of hydrogen-bond donors (Lipinski definition) is 0. The fraction of sp³-hybridized carbons (Fsp3) is 0.235. The van der Waals surface area contributed by atoms with E-state index in [1.54, 1.807) is 0 Å². The van der Waals surface area contributed by atoms with Crippen molar-refractivity contribution in [3.8, 4) is 0 Å². The van der Waals surface area contributed by atoms with Gasteiger partial charge in [-0.05, 0) is 38.1 Å². The Morgan fingerprint density at radius 2 is 1.47 bits per heavy atom. The van der Waals surface area contributed by atoms with Crippen LogP contribution in [0.1, 0.15) is 17.5 Å².